The first-order valence-electron chi connectivity index (χ1n) is 11.6. The highest BCUT2D eigenvalue weighted by Crippen LogP contribution is 2.41. The summed E-state index contributed by atoms with van der Waals surface area (Å²) in [5, 5.41) is 8.04. The van der Waals surface area contributed by atoms with Gasteiger partial charge in [0.25, 0.3) is 0 Å². The van der Waals surface area contributed by atoms with Crippen LogP contribution < -0.4 is 15.0 Å². The van der Waals surface area contributed by atoms with Gasteiger partial charge in [-0.25, -0.2) is 0 Å². The van der Waals surface area contributed by atoms with E-state index in [0.717, 1.165) is 5.39 Å². The van der Waals surface area contributed by atoms with Crippen molar-refractivity contribution in [2.24, 2.45) is 13.0 Å². The van der Waals surface area contributed by atoms with Crippen LogP contribution in [0.5, 0.6) is 5.75 Å². The number of benzene rings is 2. The van der Waals surface area contributed by atoms with Crippen LogP contribution in [0.15, 0.2) is 36.5 Å². The smallest absolute Gasteiger partial charge is 0.418 e. The maximum absolute atomic E-state index is 14.1. The molecule has 1 N–H and O–H groups in total. The number of anilines is 1. The molecule has 35 heavy (non-hydrogen) atoms. The number of fused-ring (bicyclic) bond motifs is 1. The van der Waals surface area contributed by atoms with E-state index in [-0.39, 0.29) is 23.6 Å². The van der Waals surface area contributed by atoms with Crippen molar-refractivity contribution in [2.75, 3.05) is 37.7 Å². The molecule has 2 aromatic carbocycles. The molecule has 7 nitrogen and oxygen atoms in total. The largest absolute Gasteiger partial charge is 0.490 e. The average molecular weight is 489 g/mol. The zero-order valence-electron chi connectivity index (χ0n) is 19.6. The molecule has 186 valence electrons. The number of nitrogens with zero attached hydrogens (tertiary/aromatic N) is 3. The summed E-state index contributed by atoms with van der Waals surface area (Å²) in [7, 11) is 1.78. The molecule has 1 unspecified atom stereocenters. The van der Waals surface area contributed by atoms with Gasteiger partial charge in [-0.3, -0.25) is 9.48 Å². The van der Waals surface area contributed by atoms with Gasteiger partial charge in [-0.1, -0.05) is 6.07 Å². The van der Waals surface area contributed by atoms with Gasteiger partial charge in [0, 0.05) is 50.9 Å². The van der Waals surface area contributed by atoms with E-state index in [1.165, 1.54) is 12.1 Å². The molecule has 2 fully saturated rings. The molecule has 0 saturated carbocycles. The summed E-state index contributed by atoms with van der Waals surface area (Å²) in [5.74, 6) is 0.538. The lowest BCUT2D eigenvalue weighted by Gasteiger charge is -2.31. The fraction of sp³-hybridized carbons (Fsp3) is 0.440. The molecule has 2 atom stereocenters. The van der Waals surface area contributed by atoms with E-state index in [0.29, 0.717) is 61.7 Å². The van der Waals surface area contributed by atoms with Crippen LogP contribution in [-0.2, 0) is 22.8 Å². The third-order valence-electron chi connectivity index (χ3n) is 6.67. The standard InChI is InChI=1S/C25H27F3N4O3/c1-15(18-12-24(33)29-13-18)35-23-11-17(10-21-19(23)14-31(2)30-21)16-3-4-22(20(9-16)25(26,27)28)32-5-7-34-8-6-32/h3-4,9-11,14-15,18H,5-8,12-13H2,1-2H3,(H,29,33)/t15?,18-/m1/s1. The fourth-order valence-corrected chi connectivity index (χ4v) is 4.75. The molecule has 1 amide bonds. The monoisotopic (exact) mass is 488 g/mol. The molecule has 2 saturated heterocycles. The Labute approximate surface area is 200 Å². The molecule has 0 spiro atoms. The van der Waals surface area contributed by atoms with Crippen molar-refractivity contribution in [2.45, 2.75) is 25.6 Å². The van der Waals surface area contributed by atoms with Gasteiger partial charge in [0.2, 0.25) is 5.91 Å². The highest BCUT2D eigenvalue weighted by molar-refractivity contribution is 5.90. The molecular weight excluding hydrogens is 461 g/mol. The molecule has 2 aliphatic rings. The Morgan fingerprint density at radius 3 is 2.63 bits per heavy atom. The van der Waals surface area contributed by atoms with Crippen LogP contribution >= 0.6 is 0 Å². The number of nitrogens with one attached hydrogen (secondary N) is 1. The van der Waals surface area contributed by atoms with Crippen molar-refractivity contribution < 1.29 is 27.4 Å². The molecule has 0 aliphatic carbocycles. The second kappa shape index (κ2) is 9.07. The van der Waals surface area contributed by atoms with Crippen LogP contribution in [0.2, 0.25) is 0 Å². The highest BCUT2D eigenvalue weighted by atomic mass is 19.4. The van der Waals surface area contributed by atoms with Crippen LogP contribution in [0.1, 0.15) is 18.9 Å². The lowest BCUT2D eigenvalue weighted by molar-refractivity contribution is -0.137. The lowest BCUT2D eigenvalue weighted by Crippen LogP contribution is -2.37. The number of carbonyl (C=O) groups excluding carboxylic acids is 1. The molecule has 0 radical (unpaired) electrons. The maximum atomic E-state index is 14.1. The number of aromatic nitrogens is 2. The number of hydrogen-bond acceptors (Lipinski definition) is 5. The normalized spacial score (nSPS) is 19.7. The van der Waals surface area contributed by atoms with Crippen molar-refractivity contribution in [3.63, 3.8) is 0 Å². The number of ether oxygens (including phenoxy) is 2. The van der Waals surface area contributed by atoms with Crippen LogP contribution in [0.25, 0.3) is 22.0 Å². The van der Waals surface area contributed by atoms with Crippen LogP contribution in [0.3, 0.4) is 0 Å². The molecule has 1 aromatic heterocycles. The van der Waals surface area contributed by atoms with Crippen LogP contribution in [-0.4, -0.2) is 54.6 Å². The Hall–Kier alpha value is -3.27. The minimum absolute atomic E-state index is 0.00855. The number of amides is 1. The summed E-state index contributed by atoms with van der Waals surface area (Å²) in [5.41, 5.74) is 1.12. The second-order valence-corrected chi connectivity index (χ2v) is 9.13. The van der Waals surface area contributed by atoms with Gasteiger partial charge in [-0.15, -0.1) is 0 Å². The van der Waals surface area contributed by atoms with E-state index in [1.807, 2.05) is 13.1 Å². The Kier molecular flexibility index (Phi) is 6.08. The third-order valence-corrected chi connectivity index (χ3v) is 6.67. The SMILES string of the molecule is CC(Oc1cc(-c2ccc(N3CCOCC3)c(C(F)(F)F)c2)cc2nn(C)cc12)[C@H]1CNC(=O)C1. The highest BCUT2D eigenvalue weighted by Gasteiger charge is 2.36. The van der Waals surface area contributed by atoms with Gasteiger partial charge < -0.3 is 19.7 Å². The Morgan fingerprint density at radius 2 is 1.94 bits per heavy atom. The minimum Gasteiger partial charge on any atom is -0.490 e. The van der Waals surface area contributed by atoms with Gasteiger partial charge in [0.15, 0.2) is 0 Å². The molecule has 0 bridgehead atoms. The number of aryl methyl sites for hydroxylation is 1. The zero-order chi connectivity index (χ0) is 24.7. The van der Waals surface area contributed by atoms with E-state index in [2.05, 4.69) is 10.4 Å². The van der Waals surface area contributed by atoms with Gasteiger partial charge in [-0.2, -0.15) is 18.3 Å². The minimum atomic E-state index is -4.51. The molecule has 5 rings (SSSR count). The molecule has 2 aliphatic heterocycles. The first-order valence-corrected chi connectivity index (χ1v) is 11.6. The van der Waals surface area contributed by atoms with Crippen molar-refractivity contribution in [3.8, 4) is 16.9 Å². The molecule has 3 aromatic rings. The maximum Gasteiger partial charge on any atom is 0.418 e. The van der Waals surface area contributed by atoms with E-state index in [1.54, 1.807) is 34.8 Å². The van der Waals surface area contributed by atoms with E-state index >= 15 is 0 Å². The zero-order valence-corrected chi connectivity index (χ0v) is 19.6. The van der Waals surface area contributed by atoms with Crippen molar-refractivity contribution in [1.29, 1.82) is 0 Å². The number of hydrogen-bond donors (Lipinski definition) is 1. The predicted molar refractivity (Wildman–Crippen MR) is 125 cm³/mol. The number of alkyl halides is 3. The summed E-state index contributed by atoms with van der Waals surface area (Å²) >= 11 is 0. The quantitative estimate of drug-likeness (QED) is 0.588. The van der Waals surface area contributed by atoms with Crippen molar-refractivity contribution in [1.82, 2.24) is 15.1 Å². The van der Waals surface area contributed by atoms with E-state index in [9.17, 15) is 18.0 Å². The number of halogens is 3. The summed E-state index contributed by atoms with van der Waals surface area (Å²) in [4.78, 5) is 13.4. The Bertz CT molecular complexity index is 1250. The summed E-state index contributed by atoms with van der Waals surface area (Å²) < 4.78 is 55.4. The Morgan fingerprint density at radius 1 is 1.17 bits per heavy atom. The Balaban J connectivity index is 1.54. The van der Waals surface area contributed by atoms with E-state index < -0.39 is 11.7 Å². The van der Waals surface area contributed by atoms with Crippen LogP contribution in [0, 0.1) is 5.92 Å². The topological polar surface area (TPSA) is 68.6 Å². The lowest BCUT2D eigenvalue weighted by atomic mass is 9.99. The second-order valence-electron chi connectivity index (χ2n) is 9.13. The summed E-state index contributed by atoms with van der Waals surface area (Å²) in [6.45, 7) is 4.06. The third kappa shape index (κ3) is 4.80. The summed E-state index contributed by atoms with van der Waals surface area (Å²) in [6.07, 6.45) is -2.56. The molecule has 10 heteroatoms. The van der Waals surface area contributed by atoms with Gasteiger partial charge in [0.1, 0.15) is 11.9 Å². The van der Waals surface area contributed by atoms with Gasteiger partial charge in [-0.05, 0) is 42.3 Å². The summed E-state index contributed by atoms with van der Waals surface area (Å²) in [6, 6.07) is 7.97. The van der Waals surface area contributed by atoms with Crippen molar-refractivity contribution in [3.05, 3.63) is 42.1 Å². The first-order chi connectivity index (χ1) is 16.7. The van der Waals surface area contributed by atoms with Crippen LogP contribution in [0.4, 0.5) is 18.9 Å². The predicted octanol–water partition coefficient (Wildman–Crippen LogP) is 4.00. The van der Waals surface area contributed by atoms with Gasteiger partial charge >= 0.3 is 6.18 Å². The molecular formula is C25H27F3N4O3. The number of rotatable bonds is 5. The first kappa shape index (κ1) is 23.5. The van der Waals surface area contributed by atoms with Crippen molar-refractivity contribution >= 4 is 22.5 Å². The van der Waals surface area contributed by atoms with Gasteiger partial charge in [0.05, 0.1) is 29.7 Å². The number of morpholine rings is 1. The fourth-order valence-electron chi connectivity index (χ4n) is 4.75. The average Bonchev–Trinajstić information content (AvgIpc) is 3.43. The number of carbonyl (C=O) groups is 1. The molecule has 3 heterocycles. The van der Waals surface area contributed by atoms with E-state index in [4.69, 9.17) is 9.47 Å².